The highest BCUT2D eigenvalue weighted by Gasteiger charge is 2.47. The van der Waals surface area contributed by atoms with E-state index in [0.29, 0.717) is 13.1 Å². The lowest BCUT2D eigenvalue weighted by Gasteiger charge is -2.51. The minimum absolute atomic E-state index is 0.0609. The molecule has 0 saturated carbocycles. The van der Waals surface area contributed by atoms with Gasteiger partial charge in [-0.25, -0.2) is 0 Å². The monoisotopic (exact) mass is 380 g/mol. The molecular weight excluding hydrogens is 360 g/mol. The number of halogens is 1. The van der Waals surface area contributed by atoms with Crippen LogP contribution in [0.3, 0.4) is 0 Å². The molecule has 0 atom stereocenters. The Morgan fingerprint density at radius 2 is 2.11 bits per heavy atom. The Bertz CT molecular complexity index is 1050. The number of aromatic nitrogens is 2. The summed E-state index contributed by atoms with van der Waals surface area (Å²) in [7, 11) is 1.93. The van der Waals surface area contributed by atoms with Crippen molar-refractivity contribution < 1.29 is 4.79 Å². The predicted octanol–water partition coefficient (Wildman–Crippen LogP) is 3.87. The molecule has 1 amide bonds. The van der Waals surface area contributed by atoms with Crippen molar-refractivity contribution in [1.29, 1.82) is 0 Å². The highest BCUT2D eigenvalue weighted by atomic mass is 35.5. The number of hydrogen-bond acceptors (Lipinski definition) is 3. The van der Waals surface area contributed by atoms with E-state index < -0.39 is 0 Å². The van der Waals surface area contributed by atoms with Gasteiger partial charge in [0.1, 0.15) is 0 Å². The second-order valence-corrected chi connectivity index (χ2v) is 7.47. The van der Waals surface area contributed by atoms with Crippen LogP contribution in [0.4, 0.5) is 5.69 Å². The number of nitrogens with one attached hydrogen (secondary N) is 1. The largest absolute Gasteiger partial charge is 0.372 e. The molecule has 2 heterocycles. The van der Waals surface area contributed by atoms with E-state index in [1.807, 2.05) is 43.0 Å². The number of hydrogen-bond donors (Lipinski definition) is 1. The molecule has 0 spiro atoms. The second-order valence-electron chi connectivity index (χ2n) is 7.06. The molecule has 0 radical (unpaired) electrons. The second kappa shape index (κ2) is 6.43. The number of rotatable bonds is 4. The predicted molar refractivity (Wildman–Crippen MR) is 109 cm³/mol. The van der Waals surface area contributed by atoms with Crippen molar-refractivity contribution in [2.24, 2.45) is 7.05 Å². The molecule has 4 rings (SSSR count). The number of likely N-dealkylation sites (tertiary alicyclic amines) is 1. The van der Waals surface area contributed by atoms with Crippen molar-refractivity contribution in [2.75, 3.05) is 18.4 Å². The number of carbonyl (C=O) groups is 1. The normalized spacial score (nSPS) is 15.4. The van der Waals surface area contributed by atoms with Crippen LogP contribution in [0.2, 0.25) is 5.02 Å². The number of carbonyl (C=O) groups excluding carboxylic acids is 1. The number of benzene rings is 2. The van der Waals surface area contributed by atoms with Crippen molar-refractivity contribution in [1.82, 2.24) is 14.7 Å². The van der Waals surface area contributed by atoms with Crippen molar-refractivity contribution >= 4 is 34.1 Å². The van der Waals surface area contributed by atoms with E-state index in [9.17, 15) is 4.79 Å². The molecule has 2 aromatic carbocycles. The number of amides is 1. The van der Waals surface area contributed by atoms with Crippen LogP contribution < -0.4 is 5.32 Å². The van der Waals surface area contributed by atoms with Crippen LogP contribution in [0, 0.1) is 6.92 Å². The Labute approximate surface area is 163 Å². The van der Waals surface area contributed by atoms with Crippen LogP contribution in [0.1, 0.15) is 11.1 Å². The molecule has 1 saturated heterocycles. The van der Waals surface area contributed by atoms with E-state index in [1.165, 1.54) is 6.08 Å². The lowest BCUT2D eigenvalue weighted by Crippen LogP contribution is -2.65. The van der Waals surface area contributed by atoms with Gasteiger partial charge in [-0.2, -0.15) is 5.10 Å². The van der Waals surface area contributed by atoms with Gasteiger partial charge in [0.15, 0.2) is 0 Å². The van der Waals surface area contributed by atoms with Crippen LogP contribution in [-0.4, -0.2) is 33.7 Å². The van der Waals surface area contributed by atoms with Gasteiger partial charge in [0.05, 0.1) is 30.3 Å². The fourth-order valence-electron chi connectivity index (χ4n) is 3.83. The molecule has 5 nitrogen and oxygen atoms in total. The molecule has 1 aliphatic rings. The van der Waals surface area contributed by atoms with E-state index in [2.05, 4.69) is 35.2 Å². The Morgan fingerprint density at radius 3 is 2.85 bits per heavy atom. The van der Waals surface area contributed by atoms with Gasteiger partial charge in [-0.15, -0.1) is 0 Å². The molecule has 1 N–H and O–H groups in total. The first-order valence-electron chi connectivity index (χ1n) is 8.80. The van der Waals surface area contributed by atoms with Gasteiger partial charge in [-0.1, -0.05) is 30.3 Å². The van der Waals surface area contributed by atoms with E-state index in [0.717, 1.165) is 32.7 Å². The van der Waals surface area contributed by atoms with Crippen molar-refractivity contribution in [3.8, 4) is 0 Å². The zero-order chi connectivity index (χ0) is 19.2. The van der Waals surface area contributed by atoms with Crippen LogP contribution in [-0.2, 0) is 17.4 Å². The minimum Gasteiger partial charge on any atom is -0.372 e. The summed E-state index contributed by atoms with van der Waals surface area (Å²) in [4.78, 5) is 13.8. The first-order valence-corrected chi connectivity index (χ1v) is 9.18. The van der Waals surface area contributed by atoms with Gasteiger partial charge in [-0.05, 0) is 48.4 Å². The number of aryl methyl sites for hydroxylation is 1. The third kappa shape index (κ3) is 2.88. The maximum atomic E-state index is 12.0. The summed E-state index contributed by atoms with van der Waals surface area (Å²) in [6.45, 7) is 6.73. The summed E-state index contributed by atoms with van der Waals surface area (Å²) >= 11 is 6.38. The van der Waals surface area contributed by atoms with E-state index in [-0.39, 0.29) is 11.4 Å². The summed E-state index contributed by atoms with van der Waals surface area (Å²) in [5, 5.41) is 9.79. The SMILES string of the molecule is C=CC(=O)N1CC(Nc2ccc3cnn(C)c3c2)(c2cccc(Cl)c2C)C1. The lowest BCUT2D eigenvalue weighted by molar-refractivity contribution is -0.132. The Hall–Kier alpha value is -2.79. The summed E-state index contributed by atoms with van der Waals surface area (Å²) in [6, 6.07) is 12.1. The first-order chi connectivity index (χ1) is 12.9. The molecule has 138 valence electrons. The summed E-state index contributed by atoms with van der Waals surface area (Å²) in [5.74, 6) is -0.0609. The molecular formula is C21H21ClN4O. The van der Waals surface area contributed by atoms with E-state index in [1.54, 1.807) is 4.90 Å². The molecule has 1 aromatic heterocycles. The van der Waals surface area contributed by atoms with Gasteiger partial charge in [0.2, 0.25) is 5.91 Å². The fourth-order valence-corrected chi connectivity index (χ4v) is 4.01. The molecule has 3 aromatic rings. The highest BCUT2D eigenvalue weighted by Crippen LogP contribution is 2.39. The van der Waals surface area contributed by atoms with Crippen molar-refractivity contribution in [3.63, 3.8) is 0 Å². The molecule has 0 aliphatic carbocycles. The average Bonchev–Trinajstić information content (AvgIpc) is 3.00. The number of anilines is 1. The van der Waals surface area contributed by atoms with Gasteiger partial charge < -0.3 is 10.2 Å². The van der Waals surface area contributed by atoms with Crippen molar-refractivity contribution in [2.45, 2.75) is 12.5 Å². The number of fused-ring (bicyclic) bond motifs is 1. The lowest BCUT2D eigenvalue weighted by atomic mass is 9.79. The van der Waals surface area contributed by atoms with Crippen molar-refractivity contribution in [3.05, 3.63) is 71.4 Å². The Balaban J connectivity index is 1.74. The Morgan fingerprint density at radius 1 is 1.33 bits per heavy atom. The van der Waals surface area contributed by atoms with E-state index in [4.69, 9.17) is 11.6 Å². The van der Waals surface area contributed by atoms with Gasteiger partial charge in [0, 0.05) is 23.1 Å². The smallest absolute Gasteiger partial charge is 0.246 e. The quantitative estimate of drug-likeness (QED) is 0.699. The zero-order valence-corrected chi connectivity index (χ0v) is 16.1. The van der Waals surface area contributed by atoms with Crippen LogP contribution in [0.5, 0.6) is 0 Å². The number of nitrogens with zero attached hydrogens (tertiary/aromatic N) is 3. The van der Waals surface area contributed by atoms with Crippen LogP contribution in [0.25, 0.3) is 10.9 Å². The Kier molecular flexibility index (Phi) is 4.19. The van der Waals surface area contributed by atoms with Gasteiger partial charge in [-0.3, -0.25) is 9.48 Å². The van der Waals surface area contributed by atoms with Crippen LogP contribution >= 0.6 is 11.6 Å². The maximum Gasteiger partial charge on any atom is 0.246 e. The highest BCUT2D eigenvalue weighted by molar-refractivity contribution is 6.31. The fraction of sp³-hybridized carbons (Fsp3) is 0.238. The van der Waals surface area contributed by atoms with Gasteiger partial charge in [0.25, 0.3) is 0 Å². The summed E-state index contributed by atoms with van der Waals surface area (Å²) in [5.41, 5.74) is 3.78. The summed E-state index contributed by atoms with van der Waals surface area (Å²) < 4.78 is 1.85. The van der Waals surface area contributed by atoms with E-state index >= 15 is 0 Å². The maximum absolute atomic E-state index is 12.0. The zero-order valence-electron chi connectivity index (χ0n) is 15.4. The molecule has 0 unspecified atom stereocenters. The summed E-state index contributed by atoms with van der Waals surface area (Å²) in [6.07, 6.45) is 3.21. The molecule has 1 aliphatic heterocycles. The molecule has 6 heteroatoms. The minimum atomic E-state index is -0.389. The molecule has 27 heavy (non-hydrogen) atoms. The van der Waals surface area contributed by atoms with Gasteiger partial charge >= 0.3 is 0 Å². The third-order valence-corrected chi connectivity index (χ3v) is 5.73. The topological polar surface area (TPSA) is 50.2 Å². The molecule has 1 fully saturated rings. The molecule has 0 bridgehead atoms. The third-order valence-electron chi connectivity index (χ3n) is 5.32. The average molecular weight is 381 g/mol. The van der Waals surface area contributed by atoms with Crippen LogP contribution in [0.15, 0.2) is 55.3 Å². The standard InChI is InChI=1S/C21H21ClN4O/c1-4-20(27)26-12-21(13-26,17-6-5-7-18(22)14(17)2)24-16-9-8-15-11-23-25(3)19(15)10-16/h4-11,24H,1,12-13H2,2-3H3. The first kappa shape index (κ1) is 17.6.